The highest BCUT2D eigenvalue weighted by molar-refractivity contribution is 5.93. The van der Waals surface area contributed by atoms with Crippen molar-refractivity contribution < 1.29 is 29.4 Å². The van der Waals surface area contributed by atoms with E-state index >= 15 is 0 Å². The summed E-state index contributed by atoms with van der Waals surface area (Å²) in [5.74, 6) is -3.03. The average Bonchev–Trinajstić information content (AvgIpc) is 3.49. The van der Waals surface area contributed by atoms with Crippen LogP contribution in [-0.2, 0) is 19.2 Å². The zero-order chi connectivity index (χ0) is 22.3. The van der Waals surface area contributed by atoms with E-state index in [1.54, 1.807) is 0 Å². The second-order valence-corrected chi connectivity index (χ2v) is 7.71. The van der Waals surface area contributed by atoms with Gasteiger partial charge in [-0.05, 0) is 50.3 Å². The molecule has 164 valence electrons. The van der Waals surface area contributed by atoms with E-state index < -0.39 is 23.9 Å². The molecule has 1 aliphatic rings. The maximum Gasteiger partial charge on any atom is 0.326 e. The fraction of sp³-hybridized carbons (Fsp3) is 0.524. The highest BCUT2D eigenvalue weighted by Crippen LogP contribution is 2.27. The third-order valence-corrected chi connectivity index (χ3v) is 4.98. The minimum absolute atomic E-state index is 0.0318. The lowest BCUT2D eigenvalue weighted by molar-refractivity contribution is -0.143. The Morgan fingerprint density at radius 3 is 2.40 bits per heavy atom. The first kappa shape index (κ1) is 23.3. The van der Waals surface area contributed by atoms with E-state index in [2.05, 4.69) is 10.6 Å². The van der Waals surface area contributed by atoms with E-state index in [0.29, 0.717) is 6.54 Å². The third-order valence-electron chi connectivity index (χ3n) is 4.98. The molecule has 0 radical (unpaired) electrons. The molecular formula is C21H29N3O6. The van der Waals surface area contributed by atoms with Crippen LogP contribution in [0.2, 0.25) is 0 Å². The summed E-state index contributed by atoms with van der Waals surface area (Å²) >= 11 is 0. The number of nitrogens with one attached hydrogen (secondary N) is 2. The Morgan fingerprint density at radius 1 is 1.10 bits per heavy atom. The molecule has 9 heteroatoms. The van der Waals surface area contributed by atoms with Crippen molar-refractivity contribution in [3.8, 4) is 0 Å². The quantitative estimate of drug-likeness (QED) is 0.403. The summed E-state index contributed by atoms with van der Waals surface area (Å²) in [6.07, 6.45) is 1.42. The number of carbonyl (C=O) groups is 4. The maximum atomic E-state index is 12.5. The maximum absolute atomic E-state index is 12.5. The zero-order valence-electron chi connectivity index (χ0n) is 17.3. The number of hydrogen-bond acceptors (Lipinski definition) is 5. The summed E-state index contributed by atoms with van der Waals surface area (Å²) in [4.78, 5) is 48.4. The molecule has 2 rings (SSSR count). The molecule has 9 nitrogen and oxygen atoms in total. The first-order chi connectivity index (χ1) is 14.2. The number of carboxylic acid groups (broad SMARTS) is 2. The van der Waals surface area contributed by atoms with Gasteiger partial charge in [-0.2, -0.15) is 0 Å². The average molecular weight is 419 g/mol. The van der Waals surface area contributed by atoms with Gasteiger partial charge in [-0.15, -0.1) is 0 Å². The van der Waals surface area contributed by atoms with E-state index in [1.165, 1.54) is 0 Å². The van der Waals surface area contributed by atoms with Gasteiger partial charge in [0, 0.05) is 31.1 Å². The Morgan fingerprint density at radius 2 is 1.80 bits per heavy atom. The second kappa shape index (κ2) is 10.7. The SMILES string of the molecule is Cc1ccc(C)c(NC(=O)CN(CCC(=O)NC(CCC(=O)O)C(=O)O)C2CC2)c1. The lowest BCUT2D eigenvalue weighted by atomic mass is 10.1. The second-order valence-electron chi connectivity index (χ2n) is 7.71. The van der Waals surface area contributed by atoms with Gasteiger partial charge in [-0.3, -0.25) is 19.3 Å². The van der Waals surface area contributed by atoms with E-state index in [9.17, 15) is 19.2 Å². The van der Waals surface area contributed by atoms with Gasteiger partial charge < -0.3 is 20.8 Å². The first-order valence-corrected chi connectivity index (χ1v) is 10.0. The molecule has 0 heterocycles. The fourth-order valence-electron chi connectivity index (χ4n) is 3.11. The number of nitrogens with zero attached hydrogens (tertiary/aromatic N) is 1. The molecule has 1 atom stereocenters. The Labute approximate surface area is 175 Å². The molecule has 0 bridgehead atoms. The first-order valence-electron chi connectivity index (χ1n) is 10.0. The van der Waals surface area contributed by atoms with Crippen molar-refractivity contribution in [3.05, 3.63) is 29.3 Å². The van der Waals surface area contributed by atoms with Gasteiger partial charge in [0.2, 0.25) is 11.8 Å². The molecule has 1 saturated carbocycles. The van der Waals surface area contributed by atoms with Crippen molar-refractivity contribution in [3.63, 3.8) is 0 Å². The van der Waals surface area contributed by atoms with Crippen LogP contribution in [0.15, 0.2) is 18.2 Å². The predicted octanol–water partition coefficient (Wildman–Crippen LogP) is 1.53. The summed E-state index contributed by atoms with van der Waals surface area (Å²) in [7, 11) is 0. The van der Waals surface area contributed by atoms with Crippen LogP contribution in [0.25, 0.3) is 0 Å². The van der Waals surface area contributed by atoms with Crippen molar-refractivity contribution in [1.82, 2.24) is 10.2 Å². The van der Waals surface area contributed by atoms with Gasteiger partial charge in [0.05, 0.1) is 6.54 Å². The Kier molecular flexibility index (Phi) is 8.35. The molecule has 30 heavy (non-hydrogen) atoms. The summed E-state index contributed by atoms with van der Waals surface area (Å²) in [5.41, 5.74) is 2.77. The van der Waals surface area contributed by atoms with Crippen LogP contribution in [0.4, 0.5) is 5.69 Å². The van der Waals surface area contributed by atoms with E-state index in [4.69, 9.17) is 10.2 Å². The van der Waals surface area contributed by atoms with Crippen LogP contribution in [0.3, 0.4) is 0 Å². The zero-order valence-corrected chi connectivity index (χ0v) is 17.3. The molecule has 1 fully saturated rings. The molecule has 0 spiro atoms. The van der Waals surface area contributed by atoms with Crippen molar-refractivity contribution >= 4 is 29.4 Å². The topological polar surface area (TPSA) is 136 Å². The fourth-order valence-corrected chi connectivity index (χ4v) is 3.11. The molecule has 0 aromatic heterocycles. The summed E-state index contributed by atoms with van der Waals surface area (Å²) in [6, 6.07) is 4.82. The van der Waals surface area contributed by atoms with Gasteiger partial charge >= 0.3 is 11.9 Å². The normalized spacial score (nSPS) is 14.2. The van der Waals surface area contributed by atoms with Crippen LogP contribution in [-0.4, -0.2) is 64.0 Å². The number of benzene rings is 1. The molecule has 4 N–H and O–H groups in total. The monoisotopic (exact) mass is 419 g/mol. The highest BCUT2D eigenvalue weighted by atomic mass is 16.4. The summed E-state index contributed by atoms with van der Waals surface area (Å²) in [5, 5.41) is 23.1. The van der Waals surface area contributed by atoms with Crippen LogP contribution < -0.4 is 10.6 Å². The molecule has 1 aromatic rings. The lowest BCUT2D eigenvalue weighted by Crippen LogP contribution is -2.43. The molecule has 0 aliphatic heterocycles. The lowest BCUT2D eigenvalue weighted by Gasteiger charge is -2.22. The number of carboxylic acids is 2. The van der Waals surface area contributed by atoms with Gasteiger partial charge in [0.15, 0.2) is 0 Å². The number of anilines is 1. The smallest absolute Gasteiger partial charge is 0.326 e. The summed E-state index contributed by atoms with van der Waals surface area (Å²) < 4.78 is 0. The molecule has 1 unspecified atom stereocenters. The predicted molar refractivity (Wildman–Crippen MR) is 110 cm³/mol. The largest absolute Gasteiger partial charge is 0.481 e. The Hall–Kier alpha value is -2.94. The molecule has 0 saturated heterocycles. The number of aliphatic carboxylic acids is 2. The number of carbonyl (C=O) groups excluding carboxylic acids is 2. The van der Waals surface area contributed by atoms with E-state index in [1.807, 2.05) is 36.9 Å². The third kappa shape index (κ3) is 7.82. The van der Waals surface area contributed by atoms with E-state index in [-0.39, 0.29) is 37.8 Å². The number of rotatable bonds is 12. The molecule has 1 aromatic carbocycles. The van der Waals surface area contributed by atoms with Crippen LogP contribution in [0.5, 0.6) is 0 Å². The Bertz CT molecular complexity index is 806. The molecular weight excluding hydrogens is 390 g/mol. The minimum atomic E-state index is -1.27. The van der Waals surface area contributed by atoms with Gasteiger partial charge in [-0.1, -0.05) is 12.1 Å². The van der Waals surface area contributed by atoms with Crippen LogP contribution in [0.1, 0.15) is 43.2 Å². The molecule has 1 aliphatic carbocycles. The Balaban J connectivity index is 1.85. The summed E-state index contributed by atoms with van der Waals surface area (Å²) in [6.45, 7) is 4.33. The van der Waals surface area contributed by atoms with Crippen molar-refractivity contribution in [2.24, 2.45) is 0 Å². The number of hydrogen-bond donors (Lipinski definition) is 4. The van der Waals surface area contributed by atoms with Crippen molar-refractivity contribution in [1.29, 1.82) is 0 Å². The van der Waals surface area contributed by atoms with Crippen LogP contribution in [0, 0.1) is 13.8 Å². The van der Waals surface area contributed by atoms with Gasteiger partial charge in [-0.25, -0.2) is 4.79 Å². The van der Waals surface area contributed by atoms with Gasteiger partial charge in [0.1, 0.15) is 6.04 Å². The number of aryl methyl sites for hydroxylation is 2. The molecule has 2 amide bonds. The van der Waals surface area contributed by atoms with Crippen molar-refractivity contribution in [2.45, 2.75) is 58.0 Å². The minimum Gasteiger partial charge on any atom is -0.481 e. The van der Waals surface area contributed by atoms with Crippen molar-refractivity contribution in [2.75, 3.05) is 18.4 Å². The highest BCUT2D eigenvalue weighted by Gasteiger charge is 2.31. The van der Waals surface area contributed by atoms with Crippen LogP contribution >= 0.6 is 0 Å². The van der Waals surface area contributed by atoms with Gasteiger partial charge in [0.25, 0.3) is 0 Å². The van der Waals surface area contributed by atoms with E-state index in [0.717, 1.165) is 29.7 Å². The standard InChI is InChI=1S/C21H29N3O6/c1-13-3-4-14(2)17(11-13)23-19(26)12-24(15-5-6-15)10-9-18(25)22-16(21(29)30)7-8-20(27)28/h3-4,11,15-16H,5-10,12H2,1-2H3,(H,22,25)(H,23,26)(H,27,28)(H,29,30). The number of amides is 2.